The maximum atomic E-state index is 13.4. The molecule has 0 fully saturated rings. The van der Waals surface area contributed by atoms with Crippen molar-refractivity contribution in [2.45, 2.75) is 28.4 Å². The van der Waals surface area contributed by atoms with Crippen LogP contribution in [0, 0.1) is 0 Å². The standard InChI is InChI=1S/C9H13F2IO5S/c1-3-7(13)17-6-4-5-8(2,12)9(10,11)18(14,15)16/h3H,1,4-6H2,2H3,(H,14,15,16). The molecule has 0 amide bonds. The molecule has 0 saturated carbocycles. The van der Waals surface area contributed by atoms with Crippen molar-refractivity contribution in [2.24, 2.45) is 0 Å². The predicted octanol–water partition coefficient (Wildman–Crippen LogP) is 2.17. The van der Waals surface area contributed by atoms with E-state index in [1.165, 1.54) is 22.6 Å². The molecule has 5 nitrogen and oxygen atoms in total. The Morgan fingerprint density at radius 1 is 1.56 bits per heavy atom. The van der Waals surface area contributed by atoms with E-state index < -0.39 is 24.8 Å². The summed E-state index contributed by atoms with van der Waals surface area (Å²) in [7, 11) is -5.48. The molecule has 0 aliphatic carbocycles. The van der Waals surface area contributed by atoms with E-state index in [9.17, 15) is 22.0 Å². The fourth-order valence-corrected chi connectivity index (χ4v) is 2.91. The van der Waals surface area contributed by atoms with E-state index in [0.717, 1.165) is 13.0 Å². The van der Waals surface area contributed by atoms with E-state index in [4.69, 9.17) is 4.55 Å². The molecule has 0 heterocycles. The van der Waals surface area contributed by atoms with Crippen LogP contribution in [0.1, 0.15) is 19.8 Å². The van der Waals surface area contributed by atoms with Crippen LogP contribution in [0.2, 0.25) is 0 Å². The molecule has 0 aliphatic rings. The second-order valence-electron chi connectivity index (χ2n) is 3.66. The number of hydrogen-bond donors (Lipinski definition) is 1. The molecule has 106 valence electrons. The van der Waals surface area contributed by atoms with Gasteiger partial charge in [0.1, 0.15) is 3.42 Å². The van der Waals surface area contributed by atoms with Crippen LogP contribution in [0.3, 0.4) is 0 Å². The first kappa shape index (κ1) is 17.7. The molecule has 0 aromatic rings. The fraction of sp³-hybridized carbons (Fsp3) is 0.667. The molecule has 0 aliphatic heterocycles. The minimum absolute atomic E-state index is 0.0319. The SMILES string of the molecule is C=CC(=O)OCCCC(C)(I)C(F)(F)S(=O)(=O)O. The number of ether oxygens (including phenoxy) is 1. The first-order valence-electron chi connectivity index (χ1n) is 4.78. The van der Waals surface area contributed by atoms with Crippen LogP contribution in [0.4, 0.5) is 8.78 Å². The Bertz CT molecular complexity index is 419. The van der Waals surface area contributed by atoms with Gasteiger partial charge in [0, 0.05) is 6.08 Å². The third-order valence-corrected chi connectivity index (χ3v) is 4.81. The van der Waals surface area contributed by atoms with Crippen molar-refractivity contribution >= 4 is 38.7 Å². The second-order valence-corrected chi connectivity index (χ2v) is 7.51. The lowest BCUT2D eigenvalue weighted by molar-refractivity contribution is -0.137. The highest BCUT2D eigenvalue weighted by molar-refractivity contribution is 14.1. The molecule has 1 N–H and O–H groups in total. The van der Waals surface area contributed by atoms with Crippen molar-refractivity contribution in [3.8, 4) is 0 Å². The van der Waals surface area contributed by atoms with Crippen molar-refractivity contribution in [3.05, 3.63) is 12.7 Å². The minimum atomic E-state index is -5.48. The molecule has 0 aromatic carbocycles. The Labute approximate surface area is 117 Å². The van der Waals surface area contributed by atoms with Gasteiger partial charge in [0.2, 0.25) is 0 Å². The third kappa shape index (κ3) is 4.43. The lowest BCUT2D eigenvalue weighted by Gasteiger charge is -2.29. The molecule has 18 heavy (non-hydrogen) atoms. The molecule has 0 rings (SSSR count). The summed E-state index contributed by atoms with van der Waals surface area (Å²) in [6.45, 7) is 4.01. The van der Waals surface area contributed by atoms with Gasteiger partial charge in [-0.25, -0.2) is 4.79 Å². The number of carbonyl (C=O) groups excluding carboxylic acids is 1. The van der Waals surface area contributed by atoms with Gasteiger partial charge in [-0.15, -0.1) is 0 Å². The van der Waals surface area contributed by atoms with Crippen LogP contribution in [0.15, 0.2) is 12.7 Å². The number of rotatable bonds is 7. The van der Waals surface area contributed by atoms with Gasteiger partial charge in [0.05, 0.1) is 6.61 Å². The molecule has 9 heteroatoms. The summed E-state index contributed by atoms with van der Waals surface area (Å²) in [6, 6.07) is 0. The predicted molar refractivity (Wildman–Crippen MR) is 69.3 cm³/mol. The molecular weight excluding hydrogens is 385 g/mol. The molecule has 1 unspecified atom stereocenters. The van der Waals surface area contributed by atoms with Crippen LogP contribution >= 0.6 is 22.6 Å². The Balaban J connectivity index is 4.49. The number of alkyl halides is 3. The molecule has 0 spiro atoms. The Hall–Kier alpha value is -0.290. The molecule has 0 aromatic heterocycles. The van der Waals surface area contributed by atoms with Gasteiger partial charge < -0.3 is 4.74 Å². The summed E-state index contributed by atoms with van der Waals surface area (Å²) in [5.74, 6) is -0.688. The average molecular weight is 398 g/mol. The normalized spacial score (nSPS) is 15.8. The zero-order valence-electron chi connectivity index (χ0n) is 9.53. The van der Waals surface area contributed by atoms with Gasteiger partial charge in [0.15, 0.2) is 0 Å². The van der Waals surface area contributed by atoms with Gasteiger partial charge in [-0.3, -0.25) is 4.55 Å². The summed E-state index contributed by atoms with van der Waals surface area (Å²) < 4.78 is 59.0. The summed E-state index contributed by atoms with van der Waals surface area (Å²) in [4.78, 5) is 10.7. The molecular formula is C9H13F2IO5S. The Morgan fingerprint density at radius 2 is 2.06 bits per heavy atom. The summed E-state index contributed by atoms with van der Waals surface area (Å²) in [6.07, 6.45) is 0.699. The first-order valence-corrected chi connectivity index (χ1v) is 7.30. The van der Waals surface area contributed by atoms with E-state index in [0.29, 0.717) is 0 Å². The van der Waals surface area contributed by atoms with Gasteiger partial charge in [-0.2, -0.15) is 17.2 Å². The van der Waals surface area contributed by atoms with Crippen LogP contribution in [-0.2, 0) is 19.6 Å². The highest BCUT2D eigenvalue weighted by atomic mass is 127. The molecule has 0 bridgehead atoms. The first-order chi connectivity index (χ1) is 7.95. The Morgan fingerprint density at radius 3 is 2.44 bits per heavy atom. The fourth-order valence-electron chi connectivity index (χ4n) is 1.05. The molecule has 0 radical (unpaired) electrons. The summed E-state index contributed by atoms with van der Waals surface area (Å²) in [5, 5.41) is -4.27. The van der Waals surface area contributed by atoms with Crippen LogP contribution in [0.5, 0.6) is 0 Å². The quantitative estimate of drug-likeness (QED) is 0.178. The highest BCUT2D eigenvalue weighted by Crippen LogP contribution is 2.43. The number of carbonyl (C=O) groups is 1. The highest BCUT2D eigenvalue weighted by Gasteiger charge is 2.58. The van der Waals surface area contributed by atoms with Crippen LogP contribution < -0.4 is 0 Å². The minimum Gasteiger partial charge on any atom is -0.463 e. The van der Waals surface area contributed by atoms with E-state index in [2.05, 4.69) is 11.3 Å². The van der Waals surface area contributed by atoms with Gasteiger partial charge in [-0.05, 0) is 19.8 Å². The van der Waals surface area contributed by atoms with Gasteiger partial charge >= 0.3 is 21.3 Å². The van der Waals surface area contributed by atoms with Crippen molar-refractivity contribution in [3.63, 3.8) is 0 Å². The van der Waals surface area contributed by atoms with E-state index in [1.54, 1.807) is 0 Å². The zero-order valence-corrected chi connectivity index (χ0v) is 12.5. The zero-order chi connectivity index (χ0) is 14.6. The molecule has 0 saturated heterocycles. The van der Waals surface area contributed by atoms with Crippen LogP contribution in [-0.4, -0.2) is 34.2 Å². The van der Waals surface area contributed by atoms with Crippen molar-refractivity contribution in [1.29, 1.82) is 0 Å². The van der Waals surface area contributed by atoms with Crippen molar-refractivity contribution < 1.29 is 31.3 Å². The van der Waals surface area contributed by atoms with E-state index in [1.807, 2.05) is 0 Å². The largest absolute Gasteiger partial charge is 0.463 e. The topological polar surface area (TPSA) is 80.7 Å². The summed E-state index contributed by atoms with van der Waals surface area (Å²) in [5.41, 5.74) is 0. The Kier molecular flexibility index (Phi) is 6.14. The third-order valence-electron chi connectivity index (χ3n) is 2.13. The lowest BCUT2D eigenvalue weighted by atomic mass is 10.1. The maximum absolute atomic E-state index is 13.4. The molecule has 1 atom stereocenters. The van der Waals surface area contributed by atoms with Crippen LogP contribution in [0.25, 0.3) is 0 Å². The average Bonchev–Trinajstić information content (AvgIpc) is 2.22. The second kappa shape index (κ2) is 6.24. The van der Waals surface area contributed by atoms with E-state index in [-0.39, 0.29) is 19.4 Å². The maximum Gasteiger partial charge on any atom is 0.383 e. The number of hydrogen-bond acceptors (Lipinski definition) is 4. The number of esters is 1. The monoisotopic (exact) mass is 398 g/mol. The smallest absolute Gasteiger partial charge is 0.383 e. The van der Waals surface area contributed by atoms with E-state index >= 15 is 0 Å². The number of halogens is 3. The van der Waals surface area contributed by atoms with Gasteiger partial charge in [-0.1, -0.05) is 29.2 Å². The lowest BCUT2D eigenvalue weighted by Crippen LogP contribution is -2.46. The van der Waals surface area contributed by atoms with Crippen molar-refractivity contribution in [2.75, 3.05) is 6.61 Å². The van der Waals surface area contributed by atoms with Gasteiger partial charge in [0.25, 0.3) is 0 Å². The van der Waals surface area contributed by atoms with Crippen molar-refractivity contribution in [1.82, 2.24) is 0 Å². The summed E-state index contributed by atoms with van der Waals surface area (Å²) >= 11 is 1.26.